The number of hydrogen-bond donors (Lipinski definition) is 2. The van der Waals surface area contributed by atoms with E-state index in [4.69, 9.17) is 12.2 Å². The Labute approximate surface area is 206 Å². The van der Waals surface area contributed by atoms with Gasteiger partial charge in [-0.25, -0.2) is 9.69 Å². The Morgan fingerprint density at radius 3 is 2.18 bits per heavy atom. The van der Waals surface area contributed by atoms with Crippen molar-refractivity contribution in [3.05, 3.63) is 84.4 Å². The predicted octanol–water partition coefficient (Wildman–Crippen LogP) is 4.71. The third kappa shape index (κ3) is 5.44. The van der Waals surface area contributed by atoms with E-state index in [1.54, 1.807) is 12.1 Å². The predicted molar refractivity (Wildman–Crippen MR) is 137 cm³/mol. The molecule has 0 spiro atoms. The van der Waals surface area contributed by atoms with Crippen molar-refractivity contribution in [2.24, 2.45) is 0 Å². The second-order valence-corrected chi connectivity index (χ2v) is 9.07. The molecule has 1 aliphatic rings. The van der Waals surface area contributed by atoms with Crippen molar-refractivity contribution < 1.29 is 19.1 Å². The zero-order chi connectivity index (χ0) is 24.1. The van der Waals surface area contributed by atoms with Gasteiger partial charge in [0.05, 0.1) is 23.6 Å². The Bertz CT molecular complexity index is 1220. The molecule has 1 saturated heterocycles. The molecule has 0 bridgehead atoms. The Balaban J connectivity index is 1.36. The van der Waals surface area contributed by atoms with Crippen molar-refractivity contribution in [3.8, 4) is 0 Å². The molecule has 1 fully saturated rings. The number of imide groups is 1. The van der Waals surface area contributed by atoms with Crippen molar-refractivity contribution in [3.63, 3.8) is 0 Å². The lowest BCUT2D eigenvalue weighted by Gasteiger charge is -2.15. The number of thiocarbonyl (C=S) groups is 1. The zero-order valence-electron chi connectivity index (χ0n) is 18.2. The summed E-state index contributed by atoms with van der Waals surface area (Å²) in [4.78, 5) is 39.1. The quantitative estimate of drug-likeness (QED) is 0.291. The van der Waals surface area contributed by atoms with E-state index < -0.39 is 11.2 Å². The monoisotopic (exact) mass is 491 g/mol. The van der Waals surface area contributed by atoms with Crippen LogP contribution in [0.3, 0.4) is 0 Å². The number of carbonyl (C=O) groups excluding carboxylic acids is 3. The number of methoxy groups -OCH3 is 1. The van der Waals surface area contributed by atoms with E-state index in [9.17, 15) is 14.4 Å². The number of para-hydroxylation sites is 1. The first-order valence-electron chi connectivity index (χ1n) is 10.4. The number of nitrogens with one attached hydrogen (secondary N) is 2. The first-order valence-corrected chi connectivity index (χ1v) is 11.7. The molecule has 1 aliphatic heterocycles. The van der Waals surface area contributed by atoms with Crippen molar-refractivity contribution in [2.75, 3.05) is 22.6 Å². The van der Waals surface area contributed by atoms with Gasteiger partial charge in [-0.15, -0.1) is 11.8 Å². The van der Waals surface area contributed by atoms with Crippen LogP contribution < -0.4 is 15.5 Å². The fourth-order valence-electron chi connectivity index (χ4n) is 3.43. The van der Waals surface area contributed by atoms with E-state index in [0.717, 1.165) is 16.3 Å². The molecule has 2 N–H and O–H groups in total. The maximum Gasteiger partial charge on any atom is 0.337 e. The minimum absolute atomic E-state index is 0.105. The summed E-state index contributed by atoms with van der Waals surface area (Å²) < 4.78 is 4.68. The fourth-order valence-corrected chi connectivity index (χ4v) is 4.72. The SMILES string of the molecule is COC(=O)c1ccc(N2C(=O)C[C@H](Sc3ccc(NC(=S)Nc4ccccc4)cc3)C2=O)cc1. The number of benzene rings is 3. The maximum atomic E-state index is 12.9. The van der Waals surface area contributed by atoms with Gasteiger partial charge in [0.1, 0.15) is 0 Å². The highest BCUT2D eigenvalue weighted by Gasteiger charge is 2.40. The number of hydrogen-bond acceptors (Lipinski definition) is 6. The number of ether oxygens (including phenoxy) is 1. The van der Waals surface area contributed by atoms with Gasteiger partial charge in [-0.2, -0.15) is 0 Å². The summed E-state index contributed by atoms with van der Waals surface area (Å²) in [5.74, 6) is -1.03. The lowest BCUT2D eigenvalue weighted by Crippen LogP contribution is -2.31. The molecule has 1 heterocycles. The minimum atomic E-state index is -0.521. The molecule has 0 radical (unpaired) electrons. The molecule has 1 atom stereocenters. The highest BCUT2D eigenvalue weighted by atomic mass is 32.2. The number of thioether (sulfide) groups is 1. The smallest absolute Gasteiger partial charge is 0.337 e. The average Bonchev–Trinajstić information content (AvgIpc) is 3.13. The van der Waals surface area contributed by atoms with Crippen LogP contribution in [0.15, 0.2) is 83.8 Å². The van der Waals surface area contributed by atoms with Crippen molar-refractivity contribution >= 4 is 63.9 Å². The molecule has 0 unspecified atom stereocenters. The largest absolute Gasteiger partial charge is 0.465 e. The summed E-state index contributed by atoms with van der Waals surface area (Å²) in [5.41, 5.74) is 2.48. The molecule has 0 saturated carbocycles. The van der Waals surface area contributed by atoms with Gasteiger partial charge in [0, 0.05) is 22.7 Å². The van der Waals surface area contributed by atoms with Crippen LogP contribution in [0.25, 0.3) is 0 Å². The first-order chi connectivity index (χ1) is 16.4. The topological polar surface area (TPSA) is 87.7 Å². The molecule has 9 heteroatoms. The standard InChI is InChI=1S/C25H21N3O4S2/c1-32-24(31)16-7-11-19(12-8-16)28-22(29)15-21(23(28)30)34-20-13-9-18(10-14-20)27-25(33)26-17-5-3-2-4-6-17/h2-14,21H,15H2,1H3,(H2,26,27,33)/t21-/m0/s1. The van der Waals surface area contributed by atoms with Gasteiger partial charge < -0.3 is 15.4 Å². The van der Waals surface area contributed by atoms with Gasteiger partial charge in [0.15, 0.2) is 5.11 Å². The molecule has 2 amide bonds. The number of anilines is 3. The Morgan fingerprint density at radius 2 is 1.56 bits per heavy atom. The van der Waals surface area contributed by atoms with Gasteiger partial charge >= 0.3 is 5.97 Å². The van der Waals surface area contributed by atoms with E-state index in [-0.39, 0.29) is 18.2 Å². The third-order valence-corrected chi connectivity index (χ3v) is 6.48. The van der Waals surface area contributed by atoms with Gasteiger partial charge in [-0.1, -0.05) is 18.2 Å². The van der Waals surface area contributed by atoms with Crippen molar-refractivity contribution in [2.45, 2.75) is 16.6 Å². The number of amides is 2. The normalized spacial score (nSPS) is 15.2. The fraction of sp³-hybridized carbons (Fsp3) is 0.120. The molecule has 7 nitrogen and oxygen atoms in total. The molecule has 4 rings (SSSR count). The summed E-state index contributed by atoms with van der Waals surface area (Å²) in [6.07, 6.45) is 0.105. The van der Waals surface area contributed by atoms with Gasteiger partial charge in [-0.3, -0.25) is 9.59 Å². The lowest BCUT2D eigenvalue weighted by atomic mass is 10.2. The summed E-state index contributed by atoms with van der Waals surface area (Å²) in [5, 5.41) is 6.18. The Kier molecular flexibility index (Phi) is 7.24. The molecule has 0 aromatic heterocycles. The number of carbonyl (C=O) groups is 3. The van der Waals surface area contributed by atoms with Gasteiger partial charge in [0.25, 0.3) is 0 Å². The highest BCUT2D eigenvalue weighted by molar-refractivity contribution is 8.00. The van der Waals surface area contributed by atoms with Crippen LogP contribution in [0.1, 0.15) is 16.8 Å². The Hall–Kier alpha value is -3.69. The second-order valence-electron chi connectivity index (χ2n) is 7.39. The number of esters is 1. The summed E-state index contributed by atoms with van der Waals surface area (Å²) >= 11 is 6.68. The molecule has 3 aromatic carbocycles. The molecular weight excluding hydrogens is 470 g/mol. The van der Waals surface area contributed by atoms with Crippen LogP contribution in [0, 0.1) is 0 Å². The van der Waals surface area contributed by atoms with Crippen molar-refractivity contribution in [1.82, 2.24) is 0 Å². The van der Waals surface area contributed by atoms with Crippen LogP contribution in [0.4, 0.5) is 17.1 Å². The van der Waals surface area contributed by atoms with Crippen LogP contribution in [0.5, 0.6) is 0 Å². The van der Waals surface area contributed by atoms with E-state index in [0.29, 0.717) is 16.4 Å². The maximum absolute atomic E-state index is 12.9. The van der Waals surface area contributed by atoms with Gasteiger partial charge in [-0.05, 0) is 72.9 Å². The van der Waals surface area contributed by atoms with Crippen LogP contribution >= 0.6 is 24.0 Å². The average molecular weight is 492 g/mol. The minimum Gasteiger partial charge on any atom is -0.465 e. The molecular formula is C25H21N3O4S2. The number of nitrogens with zero attached hydrogens (tertiary/aromatic N) is 1. The molecule has 3 aromatic rings. The summed E-state index contributed by atoms with van der Waals surface area (Å²) in [7, 11) is 1.30. The van der Waals surface area contributed by atoms with Gasteiger partial charge in [0.2, 0.25) is 11.8 Å². The van der Waals surface area contributed by atoms with E-state index in [1.807, 2.05) is 54.6 Å². The highest BCUT2D eigenvalue weighted by Crippen LogP contribution is 2.34. The summed E-state index contributed by atoms with van der Waals surface area (Å²) in [6, 6.07) is 23.3. The zero-order valence-corrected chi connectivity index (χ0v) is 19.8. The van der Waals surface area contributed by atoms with E-state index >= 15 is 0 Å². The van der Waals surface area contributed by atoms with E-state index in [1.165, 1.54) is 35.9 Å². The molecule has 0 aliphatic carbocycles. The first kappa shape index (κ1) is 23.5. The van der Waals surface area contributed by atoms with Crippen LogP contribution in [-0.2, 0) is 14.3 Å². The van der Waals surface area contributed by atoms with Crippen LogP contribution in [0.2, 0.25) is 0 Å². The number of rotatable bonds is 6. The second kappa shape index (κ2) is 10.5. The summed E-state index contributed by atoms with van der Waals surface area (Å²) in [6.45, 7) is 0. The van der Waals surface area contributed by atoms with Crippen LogP contribution in [-0.4, -0.2) is 35.3 Å². The Morgan fingerprint density at radius 1 is 0.941 bits per heavy atom. The molecule has 172 valence electrons. The third-order valence-electron chi connectivity index (χ3n) is 5.07. The molecule has 34 heavy (non-hydrogen) atoms. The van der Waals surface area contributed by atoms with Crippen molar-refractivity contribution in [1.29, 1.82) is 0 Å². The van der Waals surface area contributed by atoms with E-state index in [2.05, 4.69) is 15.4 Å². The lowest BCUT2D eigenvalue weighted by molar-refractivity contribution is -0.121.